The number of esters is 1. The molecule has 0 amide bonds. The van der Waals surface area contributed by atoms with E-state index in [9.17, 15) is 4.79 Å². The SMILES string of the molecule is COC(=O)Cc1cccc(NC[C@@H](C)N)c1. The zero-order chi connectivity index (χ0) is 12.0. The maximum absolute atomic E-state index is 11.1. The molecule has 16 heavy (non-hydrogen) atoms. The fourth-order valence-corrected chi connectivity index (χ4v) is 1.31. The van der Waals surface area contributed by atoms with Crippen LogP contribution in [0.25, 0.3) is 0 Å². The van der Waals surface area contributed by atoms with Gasteiger partial charge in [0.2, 0.25) is 0 Å². The smallest absolute Gasteiger partial charge is 0.309 e. The summed E-state index contributed by atoms with van der Waals surface area (Å²) in [5, 5.41) is 3.20. The van der Waals surface area contributed by atoms with Crippen LogP contribution in [0, 0.1) is 0 Å². The number of nitrogens with one attached hydrogen (secondary N) is 1. The van der Waals surface area contributed by atoms with Gasteiger partial charge < -0.3 is 15.8 Å². The highest BCUT2D eigenvalue weighted by Gasteiger charge is 2.03. The van der Waals surface area contributed by atoms with Crippen molar-refractivity contribution in [1.82, 2.24) is 0 Å². The summed E-state index contributed by atoms with van der Waals surface area (Å²) in [4.78, 5) is 11.1. The standard InChI is InChI=1S/C12H18N2O2/c1-9(13)8-14-11-5-3-4-10(6-11)7-12(15)16-2/h3-6,9,14H,7-8,13H2,1-2H3/t9-/m1/s1. The first-order chi connectivity index (χ1) is 7.61. The number of hydrogen-bond donors (Lipinski definition) is 2. The van der Waals surface area contributed by atoms with Gasteiger partial charge in [-0.05, 0) is 24.6 Å². The van der Waals surface area contributed by atoms with E-state index in [-0.39, 0.29) is 12.0 Å². The van der Waals surface area contributed by atoms with Crippen molar-refractivity contribution in [2.45, 2.75) is 19.4 Å². The Bertz CT molecular complexity index is 351. The van der Waals surface area contributed by atoms with E-state index in [0.29, 0.717) is 13.0 Å². The van der Waals surface area contributed by atoms with E-state index < -0.39 is 0 Å². The molecule has 4 heteroatoms. The third kappa shape index (κ3) is 4.31. The molecule has 0 bridgehead atoms. The summed E-state index contributed by atoms with van der Waals surface area (Å²) in [6.45, 7) is 2.65. The van der Waals surface area contributed by atoms with Gasteiger partial charge >= 0.3 is 5.97 Å². The minimum absolute atomic E-state index is 0.101. The molecule has 0 radical (unpaired) electrons. The largest absolute Gasteiger partial charge is 0.469 e. The molecule has 0 aliphatic rings. The number of benzene rings is 1. The number of rotatable bonds is 5. The number of anilines is 1. The van der Waals surface area contributed by atoms with Crippen molar-refractivity contribution in [2.75, 3.05) is 19.0 Å². The molecule has 0 aromatic heterocycles. The fraction of sp³-hybridized carbons (Fsp3) is 0.417. The predicted molar refractivity (Wildman–Crippen MR) is 64.3 cm³/mol. The van der Waals surface area contributed by atoms with Gasteiger partial charge in [0.25, 0.3) is 0 Å². The van der Waals surface area contributed by atoms with Crippen LogP contribution in [0.2, 0.25) is 0 Å². The van der Waals surface area contributed by atoms with Crippen molar-refractivity contribution in [3.8, 4) is 0 Å². The first-order valence-corrected chi connectivity index (χ1v) is 5.27. The molecule has 1 aromatic rings. The zero-order valence-corrected chi connectivity index (χ0v) is 9.69. The average molecular weight is 222 g/mol. The second-order valence-electron chi connectivity index (χ2n) is 3.81. The Kier molecular flexibility index (Phi) is 4.79. The second-order valence-corrected chi connectivity index (χ2v) is 3.81. The van der Waals surface area contributed by atoms with Crippen LogP contribution < -0.4 is 11.1 Å². The van der Waals surface area contributed by atoms with Crippen LogP contribution in [0.15, 0.2) is 24.3 Å². The lowest BCUT2D eigenvalue weighted by Gasteiger charge is -2.10. The lowest BCUT2D eigenvalue weighted by molar-refractivity contribution is -0.139. The van der Waals surface area contributed by atoms with E-state index >= 15 is 0 Å². The van der Waals surface area contributed by atoms with Crippen molar-refractivity contribution in [1.29, 1.82) is 0 Å². The number of methoxy groups -OCH3 is 1. The Labute approximate surface area is 95.8 Å². The number of carbonyl (C=O) groups excluding carboxylic acids is 1. The summed E-state index contributed by atoms with van der Waals surface area (Å²) < 4.78 is 4.61. The Morgan fingerprint density at radius 2 is 2.31 bits per heavy atom. The van der Waals surface area contributed by atoms with Crippen molar-refractivity contribution >= 4 is 11.7 Å². The van der Waals surface area contributed by atoms with Gasteiger partial charge in [-0.3, -0.25) is 4.79 Å². The summed E-state index contributed by atoms with van der Waals surface area (Å²) in [7, 11) is 1.39. The van der Waals surface area contributed by atoms with Gasteiger partial charge in [0.15, 0.2) is 0 Å². The van der Waals surface area contributed by atoms with E-state index in [4.69, 9.17) is 5.73 Å². The second kappa shape index (κ2) is 6.12. The number of carbonyl (C=O) groups is 1. The molecule has 88 valence electrons. The van der Waals surface area contributed by atoms with Crippen LogP contribution in [0.5, 0.6) is 0 Å². The lowest BCUT2D eigenvalue weighted by Crippen LogP contribution is -2.25. The quantitative estimate of drug-likeness (QED) is 0.734. The Hall–Kier alpha value is -1.55. The molecule has 0 saturated heterocycles. The van der Waals surface area contributed by atoms with E-state index in [2.05, 4.69) is 10.1 Å². The van der Waals surface area contributed by atoms with Crippen molar-refractivity contribution in [3.05, 3.63) is 29.8 Å². The van der Waals surface area contributed by atoms with Gasteiger partial charge in [-0.25, -0.2) is 0 Å². The number of hydrogen-bond acceptors (Lipinski definition) is 4. The molecular weight excluding hydrogens is 204 g/mol. The van der Waals surface area contributed by atoms with Crippen LogP contribution in [0.3, 0.4) is 0 Å². The third-order valence-electron chi connectivity index (χ3n) is 2.13. The molecule has 3 N–H and O–H groups in total. The van der Waals surface area contributed by atoms with Gasteiger partial charge in [0.05, 0.1) is 13.5 Å². The lowest BCUT2D eigenvalue weighted by atomic mass is 10.1. The Morgan fingerprint density at radius 3 is 2.94 bits per heavy atom. The molecule has 0 spiro atoms. The zero-order valence-electron chi connectivity index (χ0n) is 9.69. The third-order valence-corrected chi connectivity index (χ3v) is 2.13. The van der Waals surface area contributed by atoms with Crippen molar-refractivity contribution in [3.63, 3.8) is 0 Å². The number of ether oxygens (including phenoxy) is 1. The normalized spacial score (nSPS) is 11.9. The van der Waals surface area contributed by atoms with Gasteiger partial charge in [0.1, 0.15) is 0 Å². The van der Waals surface area contributed by atoms with Crippen LogP contribution in [0.4, 0.5) is 5.69 Å². The fourth-order valence-electron chi connectivity index (χ4n) is 1.31. The van der Waals surface area contributed by atoms with Gasteiger partial charge in [0, 0.05) is 18.3 Å². The van der Waals surface area contributed by atoms with Crippen LogP contribution in [-0.4, -0.2) is 25.7 Å². The molecule has 0 aliphatic heterocycles. The van der Waals surface area contributed by atoms with Crippen LogP contribution in [0.1, 0.15) is 12.5 Å². The monoisotopic (exact) mass is 222 g/mol. The molecule has 4 nitrogen and oxygen atoms in total. The van der Waals surface area contributed by atoms with Gasteiger partial charge in [-0.2, -0.15) is 0 Å². The summed E-state index contributed by atoms with van der Waals surface area (Å²) >= 11 is 0. The van der Waals surface area contributed by atoms with Crippen LogP contribution >= 0.6 is 0 Å². The van der Waals surface area contributed by atoms with E-state index in [1.165, 1.54) is 7.11 Å². The Morgan fingerprint density at radius 1 is 1.56 bits per heavy atom. The minimum Gasteiger partial charge on any atom is -0.469 e. The summed E-state index contributed by atoms with van der Waals surface area (Å²) in [5.41, 5.74) is 7.55. The summed E-state index contributed by atoms with van der Waals surface area (Å²) in [6, 6.07) is 7.78. The molecule has 0 saturated carbocycles. The highest BCUT2D eigenvalue weighted by atomic mass is 16.5. The van der Waals surface area contributed by atoms with E-state index in [1.54, 1.807) is 0 Å². The molecule has 0 heterocycles. The molecule has 1 atom stereocenters. The molecule has 0 fully saturated rings. The topological polar surface area (TPSA) is 64.3 Å². The first-order valence-electron chi connectivity index (χ1n) is 5.27. The highest BCUT2D eigenvalue weighted by molar-refractivity contribution is 5.72. The maximum atomic E-state index is 11.1. The van der Waals surface area contributed by atoms with Crippen molar-refractivity contribution in [2.24, 2.45) is 5.73 Å². The van der Waals surface area contributed by atoms with Gasteiger partial charge in [-0.15, -0.1) is 0 Å². The van der Waals surface area contributed by atoms with Crippen LogP contribution in [-0.2, 0) is 16.0 Å². The maximum Gasteiger partial charge on any atom is 0.309 e. The molecule has 0 aliphatic carbocycles. The van der Waals surface area contributed by atoms with E-state index in [0.717, 1.165) is 11.3 Å². The molecule has 0 unspecified atom stereocenters. The molecular formula is C12H18N2O2. The molecule has 1 rings (SSSR count). The number of nitrogens with two attached hydrogens (primary N) is 1. The van der Waals surface area contributed by atoms with E-state index in [1.807, 2.05) is 31.2 Å². The Balaban J connectivity index is 2.60. The summed E-state index contributed by atoms with van der Waals surface area (Å²) in [6.07, 6.45) is 0.296. The van der Waals surface area contributed by atoms with Crippen molar-refractivity contribution < 1.29 is 9.53 Å². The predicted octanol–water partition coefficient (Wildman–Crippen LogP) is 1.16. The highest BCUT2D eigenvalue weighted by Crippen LogP contribution is 2.11. The summed E-state index contributed by atoms with van der Waals surface area (Å²) in [5.74, 6) is -0.232. The average Bonchev–Trinajstić information content (AvgIpc) is 2.26. The minimum atomic E-state index is -0.232. The molecule has 1 aromatic carbocycles. The van der Waals surface area contributed by atoms with Gasteiger partial charge in [-0.1, -0.05) is 12.1 Å². The first kappa shape index (κ1) is 12.5.